The molecule has 2 N–H and O–H groups in total. The number of pyridine rings is 1. The first-order chi connectivity index (χ1) is 16.6. The zero-order valence-electron chi connectivity index (χ0n) is 19.2. The molecular formula is C27H29N5O2. The molecule has 2 fully saturated rings. The fourth-order valence-corrected chi connectivity index (χ4v) is 5.81. The van der Waals surface area contributed by atoms with Crippen molar-refractivity contribution in [1.29, 1.82) is 0 Å². The predicted molar refractivity (Wildman–Crippen MR) is 132 cm³/mol. The highest BCUT2D eigenvalue weighted by Gasteiger charge is 2.39. The first kappa shape index (κ1) is 21.1. The van der Waals surface area contributed by atoms with E-state index in [2.05, 4.69) is 38.4 Å². The summed E-state index contributed by atoms with van der Waals surface area (Å²) in [5.41, 5.74) is 4.22. The summed E-state index contributed by atoms with van der Waals surface area (Å²) in [5, 5.41) is 4.08. The van der Waals surface area contributed by atoms with E-state index in [-0.39, 0.29) is 17.2 Å². The van der Waals surface area contributed by atoms with Crippen LogP contribution in [-0.2, 0) is 13.1 Å². The molecule has 1 saturated carbocycles. The molecular weight excluding hydrogens is 426 g/mol. The molecule has 1 aliphatic carbocycles. The largest absolute Gasteiger partial charge is 0.357 e. The van der Waals surface area contributed by atoms with Crippen molar-refractivity contribution in [3.63, 3.8) is 0 Å². The van der Waals surface area contributed by atoms with Crippen molar-refractivity contribution in [2.75, 3.05) is 13.1 Å². The molecule has 3 aromatic heterocycles. The number of nitrogens with zero attached hydrogens (tertiary/aromatic N) is 3. The Morgan fingerprint density at radius 2 is 1.97 bits per heavy atom. The number of carbonyl (C=O) groups excluding carboxylic acids is 1. The Bertz CT molecular complexity index is 1430. The fraction of sp³-hybridized carbons (Fsp3) is 0.370. The molecule has 4 aromatic rings. The fourth-order valence-electron chi connectivity index (χ4n) is 5.81. The number of rotatable bonds is 5. The number of benzene rings is 1. The lowest BCUT2D eigenvalue weighted by molar-refractivity contribution is 0.0946. The van der Waals surface area contributed by atoms with Gasteiger partial charge in [-0.2, -0.15) is 0 Å². The number of H-pyrrole nitrogens is 1. The minimum absolute atomic E-state index is 0.130. The maximum atomic E-state index is 12.6. The molecule has 1 aliphatic heterocycles. The van der Waals surface area contributed by atoms with Crippen molar-refractivity contribution in [3.8, 4) is 0 Å². The number of fused-ring (bicyclic) bond motifs is 2. The molecule has 6 rings (SSSR count). The van der Waals surface area contributed by atoms with Gasteiger partial charge in [-0.25, -0.2) is 4.98 Å². The van der Waals surface area contributed by atoms with Gasteiger partial charge in [-0.15, -0.1) is 0 Å². The standard InChI is InChI=1S/C27H29N5O2/c33-25-15-23(30-24-5-1-4-11-32(24)25)26(34)28-16-19-6-7-20-14-21(29-22(20)13-19)17-31-12-10-27(18-31)8-2-3-9-27/h1,4-7,11,13-15,29H,2-3,8-10,12,16-18H2,(H,28,34). The average Bonchev–Trinajstić information content (AvgIpc) is 3.57. The lowest BCUT2D eigenvalue weighted by Gasteiger charge is -2.23. The maximum Gasteiger partial charge on any atom is 0.270 e. The second kappa shape index (κ2) is 8.40. The zero-order valence-corrected chi connectivity index (χ0v) is 19.2. The van der Waals surface area contributed by atoms with Crippen molar-refractivity contribution >= 4 is 22.5 Å². The summed E-state index contributed by atoms with van der Waals surface area (Å²) in [6.07, 6.45) is 8.57. The van der Waals surface area contributed by atoms with Crippen molar-refractivity contribution < 1.29 is 4.79 Å². The van der Waals surface area contributed by atoms with Crippen LogP contribution in [0, 0.1) is 5.41 Å². The van der Waals surface area contributed by atoms with Crippen LogP contribution in [0.3, 0.4) is 0 Å². The second-order valence-corrected chi connectivity index (χ2v) is 9.98. The third-order valence-electron chi connectivity index (χ3n) is 7.57. The Kier molecular flexibility index (Phi) is 5.21. The van der Waals surface area contributed by atoms with Gasteiger partial charge in [0.1, 0.15) is 11.3 Å². The molecule has 0 unspecified atom stereocenters. The van der Waals surface area contributed by atoms with E-state index in [4.69, 9.17) is 0 Å². The van der Waals surface area contributed by atoms with E-state index in [9.17, 15) is 9.59 Å². The molecule has 34 heavy (non-hydrogen) atoms. The zero-order chi connectivity index (χ0) is 23.1. The third-order valence-corrected chi connectivity index (χ3v) is 7.57. The average molecular weight is 456 g/mol. The Labute approximate surface area is 197 Å². The Morgan fingerprint density at radius 3 is 2.85 bits per heavy atom. The van der Waals surface area contributed by atoms with Gasteiger partial charge in [0.2, 0.25) is 0 Å². The number of likely N-dealkylation sites (tertiary alicyclic amines) is 1. The van der Waals surface area contributed by atoms with Crippen molar-refractivity contribution in [3.05, 3.63) is 82.0 Å². The van der Waals surface area contributed by atoms with E-state index in [1.165, 1.54) is 66.7 Å². The van der Waals surface area contributed by atoms with E-state index in [0.717, 1.165) is 17.6 Å². The number of aromatic nitrogens is 3. The highest BCUT2D eigenvalue weighted by molar-refractivity contribution is 5.92. The summed E-state index contributed by atoms with van der Waals surface area (Å²) in [4.78, 5) is 35.4. The summed E-state index contributed by atoms with van der Waals surface area (Å²) in [7, 11) is 0. The van der Waals surface area contributed by atoms with Gasteiger partial charge in [-0.05, 0) is 66.4 Å². The summed E-state index contributed by atoms with van der Waals surface area (Å²) in [5.74, 6) is -0.356. The molecule has 4 heterocycles. The van der Waals surface area contributed by atoms with Gasteiger partial charge in [0.05, 0.1) is 0 Å². The van der Waals surface area contributed by atoms with Crippen LogP contribution in [0.4, 0.5) is 0 Å². The van der Waals surface area contributed by atoms with Crippen molar-refractivity contribution in [2.45, 2.75) is 45.2 Å². The van der Waals surface area contributed by atoms with Gasteiger partial charge < -0.3 is 10.3 Å². The number of amides is 1. The topological polar surface area (TPSA) is 82.5 Å². The van der Waals surface area contributed by atoms with Crippen LogP contribution in [-0.4, -0.2) is 38.3 Å². The Balaban J connectivity index is 1.12. The van der Waals surface area contributed by atoms with Crippen molar-refractivity contribution in [2.24, 2.45) is 5.41 Å². The molecule has 1 spiro atoms. The SMILES string of the molecule is O=C(NCc1ccc2cc(CN3CCC4(CCCC4)C3)[nH]c2c1)c1cc(=O)n2ccccc2n1. The molecule has 2 aliphatic rings. The van der Waals surface area contributed by atoms with E-state index in [0.29, 0.717) is 17.6 Å². The number of carbonyl (C=O) groups is 1. The molecule has 1 amide bonds. The van der Waals surface area contributed by atoms with Gasteiger partial charge in [0.15, 0.2) is 0 Å². The van der Waals surface area contributed by atoms with Crippen LogP contribution in [0.5, 0.6) is 0 Å². The molecule has 174 valence electrons. The van der Waals surface area contributed by atoms with E-state index >= 15 is 0 Å². The van der Waals surface area contributed by atoms with Crippen LogP contribution in [0.1, 0.15) is 53.8 Å². The lowest BCUT2D eigenvalue weighted by atomic mass is 9.86. The molecule has 0 radical (unpaired) electrons. The minimum Gasteiger partial charge on any atom is -0.357 e. The van der Waals surface area contributed by atoms with Gasteiger partial charge in [-0.3, -0.25) is 18.9 Å². The maximum absolute atomic E-state index is 12.6. The van der Waals surface area contributed by atoms with Crippen LogP contribution < -0.4 is 10.9 Å². The summed E-state index contributed by atoms with van der Waals surface area (Å²) >= 11 is 0. The predicted octanol–water partition coefficient (Wildman–Crippen LogP) is 3.87. The summed E-state index contributed by atoms with van der Waals surface area (Å²) in [6, 6.07) is 15.0. The number of aromatic amines is 1. The smallest absolute Gasteiger partial charge is 0.270 e. The van der Waals surface area contributed by atoms with Gasteiger partial charge in [0.25, 0.3) is 11.5 Å². The van der Waals surface area contributed by atoms with Gasteiger partial charge in [-0.1, -0.05) is 31.0 Å². The second-order valence-electron chi connectivity index (χ2n) is 9.98. The number of nitrogens with one attached hydrogen (secondary N) is 2. The number of hydrogen-bond acceptors (Lipinski definition) is 4. The number of hydrogen-bond donors (Lipinski definition) is 2. The van der Waals surface area contributed by atoms with Crippen molar-refractivity contribution in [1.82, 2.24) is 24.6 Å². The third kappa shape index (κ3) is 4.01. The summed E-state index contributed by atoms with van der Waals surface area (Å²) < 4.78 is 1.42. The van der Waals surface area contributed by atoms with E-state index in [1.54, 1.807) is 24.4 Å². The van der Waals surface area contributed by atoms with E-state index in [1.807, 2.05) is 6.07 Å². The molecule has 1 saturated heterocycles. The molecule has 7 nitrogen and oxygen atoms in total. The molecule has 0 bridgehead atoms. The summed E-state index contributed by atoms with van der Waals surface area (Å²) in [6.45, 7) is 3.75. The first-order valence-corrected chi connectivity index (χ1v) is 12.2. The minimum atomic E-state index is -0.356. The highest BCUT2D eigenvalue weighted by Crippen LogP contribution is 2.45. The Morgan fingerprint density at radius 1 is 1.09 bits per heavy atom. The molecule has 0 atom stereocenters. The van der Waals surface area contributed by atoms with Crippen LogP contribution >= 0.6 is 0 Å². The van der Waals surface area contributed by atoms with Gasteiger partial charge >= 0.3 is 0 Å². The van der Waals surface area contributed by atoms with Gasteiger partial charge in [0, 0.05) is 43.1 Å². The normalized spacial score (nSPS) is 17.8. The van der Waals surface area contributed by atoms with Crippen LogP contribution in [0.25, 0.3) is 16.6 Å². The Hall–Kier alpha value is -3.45. The lowest BCUT2D eigenvalue weighted by Crippen LogP contribution is -2.26. The van der Waals surface area contributed by atoms with Crippen LogP contribution in [0.2, 0.25) is 0 Å². The van der Waals surface area contributed by atoms with Crippen LogP contribution in [0.15, 0.2) is 59.5 Å². The molecule has 1 aromatic carbocycles. The molecule has 7 heteroatoms. The van der Waals surface area contributed by atoms with E-state index < -0.39 is 0 Å². The first-order valence-electron chi connectivity index (χ1n) is 12.2. The quantitative estimate of drug-likeness (QED) is 0.479. The monoisotopic (exact) mass is 455 g/mol. The highest BCUT2D eigenvalue weighted by atomic mass is 16.2.